The lowest BCUT2D eigenvalue weighted by atomic mass is 9.94. The fourth-order valence-corrected chi connectivity index (χ4v) is 2.01. The van der Waals surface area contributed by atoms with E-state index >= 15 is 0 Å². The molecule has 3 nitrogen and oxygen atoms in total. The van der Waals surface area contributed by atoms with Crippen molar-refractivity contribution in [3.8, 4) is 0 Å². The average Bonchev–Trinajstić information content (AvgIpc) is 3.07. The van der Waals surface area contributed by atoms with Gasteiger partial charge in [-0.15, -0.1) is 12.4 Å². The number of hydrogen-bond acceptors (Lipinski definition) is 2. The van der Waals surface area contributed by atoms with Crippen molar-refractivity contribution >= 4 is 18.3 Å². The van der Waals surface area contributed by atoms with E-state index in [9.17, 15) is 4.79 Å². The molecule has 0 bridgehead atoms. The van der Waals surface area contributed by atoms with Gasteiger partial charge < -0.3 is 11.1 Å². The third kappa shape index (κ3) is 3.24. The van der Waals surface area contributed by atoms with Crippen LogP contribution in [0.3, 0.4) is 0 Å². The molecule has 0 atom stereocenters. The molecule has 4 heteroatoms. The van der Waals surface area contributed by atoms with Crippen molar-refractivity contribution in [3.05, 3.63) is 35.9 Å². The largest absolute Gasteiger partial charge is 0.354 e. The summed E-state index contributed by atoms with van der Waals surface area (Å²) in [5.74, 6) is 0.113. The van der Waals surface area contributed by atoms with Gasteiger partial charge in [-0.1, -0.05) is 30.3 Å². The monoisotopic (exact) mass is 268 g/mol. The van der Waals surface area contributed by atoms with Crippen LogP contribution in [0.5, 0.6) is 0 Å². The first-order chi connectivity index (χ1) is 7.94. The van der Waals surface area contributed by atoms with Crippen LogP contribution in [0.2, 0.25) is 0 Å². The van der Waals surface area contributed by atoms with Gasteiger partial charge in [-0.2, -0.15) is 0 Å². The predicted molar refractivity (Wildman–Crippen MR) is 75.9 cm³/mol. The van der Waals surface area contributed by atoms with Crippen LogP contribution in [0, 0.1) is 0 Å². The van der Waals surface area contributed by atoms with Crippen molar-refractivity contribution in [2.45, 2.75) is 37.6 Å². The highest BCUT2D eigenvalue weighted by Crippen LogP contribution is 2.48. The molecule has 0 aliphatic heterocycles. The fraction of sp³-hybridized carbons (Fsp3) is 0.500. The molecule has 0 unspecified atom stereocenters. The number of nitrogens with two attached hydrogens (primary N) is 1. The van der Waals surface area contributed by atoms with Gasteiger partial charge in [0.1, 0.15) is 0 Å². The van der Waals surface area contributed by atoms with Gasteiger partial charge in [0.2, 0.25) is 5.91 Å². The summed E-state index contributed by atoms with van der Waals surface area (Å²) in [4.78, 5) is 12.2. The summed E-state index contributed by atoms with van der Waals surface area (Å²) in [7, 11) is 0. The highest BCUT2D eigenvalue weighted by Gasteiger charge is 2.51. The van der Waals surface area contributed by atoms with Crippen molar-refractivity contribution in [2.24, 2.45) is 5.73 Å². The summed E-state index contributed by atoms with van der Waals surface area (Å²) in [5, 5.41) is 2.96. The number of nitrogens with one attached hydrogen (secondary N) is 1. The maximum atomic E-state index is 12.2. The zero-order valence-electron chi connectivity index (χ0n) is 10.9. The SMILES string of the molecule is CC(C)(N)CNC(=O)C1(c2ccccc2)CC1.Cl. The number of rotatable bonds is 4. The van der Waals surface area contributed by atoms with Crippen molar-refractivity contribution < 1.29 is 4.79 Å². The average molecular weight is 269 g/mol. The number of hydrogen-bond donors (Lipinski definition) is 2. The molecule has 1 aromatic rings. The summed E-state index contributed by atoms with van der Waals surface area (Å²) >= 11 is 0. The van der Waals surface area contributed by atoms with E-state index in [1.165, 1.54) is 0 Å². The maximum absolute atomic E-state index is 12.2. The van der Waals surface area contributed by atoms with Crippen LogP contribution < -0.4 is 11.1 Å². The quantitative estimate of drug-likeness (QED) is 0.878. The normalized spacial score (nSPS) is 16.6. The zero-order valence-corrected chi connectivity index (χ0v) is 11.7. The molecule has 100 valence electrons. The molecule has 0 saturated heterocycles. The standard InChI is InChI=1S/C14H20N2O.ClH/c1-13(2,15)10-16-12(17)14(8-9-14)11-6-4-3-5-7-11;/h3-7H,8-10,15H2,1-2H3,(H,16,17);1H. The Morgan fingerprint density at radius 3 is 2.33 bits per heavy atom. The lowest BCUT2D eigenvalue weighted by Gasteiger charge is -2.22. The number of carbonyl (C=O) groups excluding carboxylic acids is 1. The summed E-state index contributed by atoms with van der Waals surface area (Å²) in [6, 6.07) is 9.99. The van der Waals surface area contributed by atoms with E-state index in [2.05, 4.69) is 5.32 Å². The fourth-order valence-electron chi connectivity index (χ4n) is 2.01. The minimum atomic E-state index is -0.359. The topological polar surface area (TPSA) is 55.1 Å². The highest BCUT2D eigenvalue weighted by molar-refractivity contribution is 5.91. The van der Waals surface area contributed by atoms with Gasteiger partial charge in [0.05, 0.1) is 5.41 Å². The minimum absolute atomic E-state index is 0. The van der Waals surface area contributed by atoms with Crippen LogP contribution in [-0.2, 0) is 10.2 Å². The first-order valence-electron chi connectivity index (χ1n) is 6.07. The Balaban J connectivity index is 0.00000162. The molecule has 1 aliphatic carbocycles. The highest BCUT2D eigenvalue weighted by atomic mass is 35.5. The first kappa shape index (κ1) is 15.0. The van der Waals surface area contributed by atoms with Gasteiger partial charge in [-0.25, -0.2) is 0 Å². The van der Waals surface area contributed by atoms with Crippen LogP contribution in [-0.4, -0.2) is 18.0 Å². The molecular formula is C14H21ClN2O. The Morgan fingerprint density at radius 2 is 1.89 bits per heavy atom. The Labute approximate surface area is 115 Å². The van der Waals surface area contributed by atoms with E-state index in [0.29, 0.717) is 6.54 Å². The van der Waals surface area contributed by atoms with Crippen LogP contribution in [0.25, 0.3) is 0 Å². The van der Waals surface area contributed by atoms with Crippen molar-refractivity contribution in [3.63, 3.8) is 0 Å². The van der Waals surface area contributed by atoms with Crippen molar-refractivity contribution in [2.75, 3.05) is 6.54 Å². The number of halogens is 1. The Bertz CT molecular complexity index is 408. The van der Waals surface area contributed by atoms with E-state index < -0.39 is 0 Å². The smallest absolute Gasteiger partial charge is 0.230 e. The molecule has 1 saturated carbocycles. The number of benzene rings is 1. The second-order valence-corrected chi connectivity index (χ2v) is 5.62. The lowest BCUT2D eigenvalue weighted by molar-refractivity contribution is -0.123. The number of amides is 1. The molecule has 2 rings (SSSR count). The Hall–Kier alpha value is -1.06. The van der Waals surface area contributed by atoms with Crippen molar-refractivity contribution in [1.82, 2.24) is 5.32 Å². The van der Waals surface area contributed by atoms with Crippen LogP contribution in [0.4, 0.5) is 0 Å². The second kappa shape index (κ2) is 5.29. The molecule has 3 N–H and O–H groups in total. The van der Waals surface area contributed by atoms with Crippen LogP contribution in [0.1, 0.15) is 32.3 Å². The van der Waals surface area contributed by atoms with Gasteiger partial charge in [0.15, 0.2) is 0 Å². The summed E-state index contributed by atoms with van der Waals surface area (Å²) in [6.07, 6.45) is 1.88. The van der Waals surface area contributed by atoms with E-state index in [-0.39, 0.29) is 29.3 Å². The van der Waals surface area contributed by atoms with E-state index in [0.717, 1.165) is 18.4 Å². The van der Waals surface area contributed by atoms with Gasteiger partial charge >= 0.3 is 0 Å². The van der Waals surface area contributed by atoms with Gasteiger partial charge in [-0.3, -0.25) is 4.79 Å². The van der Waals surface area contributed by atoms with Crippen LogP contribution in [0.15, 0.2) is 30.3 Å². The Kier molecular flexibility index (Phi) is 4.41. The summed E-state index contributed by atoms with van der Waals surface area (Å²) < 4.78 is 0. The van der Waals surface area contributed by atoms with E-state index in [4.69, 9.17) is 5.73 Å². The molecular weight excluding hydrogens is 248 g/mol. The maximum Gasteiger partial charge on any atom is 0.230 e. The molecule has 1 aliphatic rings. The summed E-state index contributed by atoms with van der Waals surface area (Å²) in [5.41, 5.74) is 6.35. The van der Waals surface area contributed by atoms with Crippen LogP contribution >= 0.6 is 12.4 Å². The molecule has 1 amide bonds. The third-order valence-electron chi connectivity index (χ3n) is 3.22. The molecule has 1 aromatic carbocycles. The first-order valence-corrected chi connectivity index (χ1v) is 6.07. The molecule has 0 spiro atoms. The van der Waals surface area contributed by atoms with Gasteiger partial charge in [0.25, 0.3) is 0 Å². The predicted octanol–water partition coefficient (Wildman–Crippen LogP) is 1.99. The Morgan fingerprint density at radius 1 is 1.33 bits per heavy atom. The molecule has 0 aromatic heterocycles. The molecule has 1 fully saturated rings. The molecule has 18 heavy (non-hydrogen) atoms. The molecule has 0 radical (unpaired) electrons. The molecule has 0 heterocycles. The van der Waals surface area contributed by atoms with E-state index in [1.807, 2.05) is 44.2 Å². The minimum Gasteiger partial charge on any atom is -0.354 e. The zero-order chi connectivity index (χ0) is 12.5. The lowest BCUT2D eigenvalue weighted by Crippen LogP contribution is -2.47. The van der Waals surface area contributed by atoms with E-state index in [1.54, 1.807) is 0 Å². The summed E-state index contributed by atoms with van der Waals surface area (Å²) in [6.45, 7) is 4.34. The van der Waals surface area contributed by atoms with Gasteiger partial charge in [0, 0.05) is 12.1 Å². The second-order valence-electron chi connectivity index (χ2n) is 5.62. The van der Waals surface area contributed by atoms with Crippen molar-refractivity contribution in [1.29, 1.82) is 0 Å². The van der Waals surface area contributed by atoms with Gasteiger partial charge in [-0.05, 0) is 32.3 Å². The number of carbonyl (C=O) groups is 1. The third-order valence-corrected chi connectivity index (χ3v) is 3.22.